The normalized spacial score (nSPS) is 20.4. The van der Waals surface area contributed by atoms with E-state index in [1.54, 1.807) is 12.3 Å². The van der Waals surface area contributed by atoms with Gasteiger partial charge in [0.05, 0.1) is 10.9 Å². The molecule has 6 heteroatoms. The van der Waals surface area contributed by atoms with Gasteiger partial charge in [0.25, 0.3) is 0 Å². The molecule has 0 aliphatic carbocycles. The first-order chi connectivity index (χ1) is 8.52. The average molecular weight is 265 g/mol. The number of rotatable bonds is 2. The second kappa shape index (κ2) is 4.94. The van der Waals surface area contributed by atoms with Crippen LogP contribution in [0.1, 0.15) is 18.5 Å². The third-order valence-corrected chi connectivity index (χ3v) is 4.81. The number of hydrogen-bond acceptors (Lipinski definition) is 5. The van der Waals surface area contributed by atoms with E-state index in [0.29, 0.717) is 18.7 Å². The van der Waals surface area contributed by atoms with Crippen molar-refractivity contribution in [3.63, 3.8) is 0 Å². The van der Waals surface area contributed by atoms with Crippen LogP contribution in [0.25, 0.3) is 0 Å². The van der Waals surface area contributed by atoms with Crippen molar-refractivity contribution in [1.29, 1.82) is 5.26 Å². The maximum absolute atomic E-state index is 11.6. The van der Waals surface area contributed by atoms with E-state index in [0.717, 1.165) is 18.7 Å². The van der Waals surface area contributed by atoms with Gasteiger partial charge in [0.2, 0.25) is 0 Å². The molecule has 2 heterocycles. The first-order valence-corrected chi connectivity index (χ1v) is 7.77. The number of hydrogen-bond donors (Lipinski definition) is 0. The van der Waals surface area contributed by atoms with Gasteiger partial charge in [0, 0.05) is 25.5 Å². The van der Waals surface area contributed by atoms with Crippen LogP contribution in [0.4, 0.5) is 5.69 Å². The summed E-state index contributed by atoms with van der Waals surface area (Å²) >= 11 is 0. The number of pyridine rings is 1. The molecule has 1 aliphatic rings. The van der Waals surface area contributed by atoms with Crippen LogP contribution in [-0.2, 0) is 9.84 Å². The minimum absolute atomic E-state index is 0.349. The van der Waals surface area contributed by atoms with Gasteiger partial charge in [-0.15, -0.1) is 0 Å². The molecule has 1 saturated heterocycles. The number of nitriles is 1. The highest BCUT2D eigenvalue weighted by atomic mass is 32.2. The molecule has 1 fully saturated rings. The summed E-state index contributed by atoms with van der Waals surface area (Å²) in [6.45, 7) is 1.21. The zero-order valence-electron chi connectivity index (χ0n) is 10.2. The second-order valence-electron chi connectivity index (χ2n) is 4.52. The van der Waals surface area contributed by atoms with E-state index in [-0.39, 0.29) is 5.25 Å². The molecule has 1 atom stereocenters. The van der Waals surface area contributed by atoms with E-state index in [9.17, 15) is 8.42 Å². The maximum Gasteiger partial charge on any atom is 0.163 e. The molecule has 0 amide bonds. The summed E-state index contributed by atoms with van der Waals surface area (Å²) in [6, 6.07) is 5.62. The fourth-order valence-corrected chi connectivity index (χ4v) is 3.29. The Bertz CT molecular complexity index is 577. The first kappa shape index (κ1) is 12.8. The highest BCUT2D eigenvalue weighted by Crippen LogP contribution is 2.24. The fraction of sp³-hybridized carbons (Fsp3) is 0.500. The molecule has 1 aromatic rings. The Morgan fingerprint density at radius 3 is 3.00 bits per heavy atom. The van der Waals surface area contributed by atoms with Gasteiger partial charge in [-0.3, -0.25) is 0 Å². The largest absolute Gasteiger partial charge is 0.368 e. The molecular weight excluding hydrogens is 250 g/mol. The van der Waals surface area contributed by atoms with Crippen LogP contribution in [0.15, 0.2) is 18.3 Å². The summed E-state index contributed by atoms with van der Waals surface area (Å²) in [7, 11) is -3.03. The predicted molar refractivity (Wildman–Crippen MR) is 69.0 cm³/mol. The molecule has 1 aromatic heterocycles. The molecule has 0 radical (unpaired) electrons. The van der Waals surface area contributed by atoms with Gasteiger partial charge >= 0.3 is 0 Å². The van der Waals surface area contributed by atoms with Gasteiger partial charge in [-0.2, -0.15) is 5.26 Å². The lowest BCUT2D eigenvalue weighted by Gasteiger charge is -2.33. The standard InChI is InChI=1S/C12H15N3O2S/c1-18(16,17)10-4-3-7-15(9-10)12-5-2-6-14-11(12)8-13/h2,5-6,10H,3-4,7,9H2,1H3/t10-/m0/s1. The van der Waals surface area contributed by atoms with Crippen molar-refractivity contribution in [3.8, 4) is 6.07 Å². The smallest absolute Gasteiger partial charge is 0.163 e. The van der Waals surface area contributed by atoms with Crippen LogP contribution >= 0.6 is 0 Å². The Hall–Kier alpha value is -1.61. The lowest BCUT2D eigenvalue weighted by molar-refractivity contribution is 0.535. The van der Waals surface area contributed by atoms with Crippen LogP contribution in [-0.4, -0.2) is 38.0 Å². The zero-order valence-corrected chi connectivity index (χ0v) is 11.0. The minimum Gasteiger partial charge on any atom is -0.368 e. The predicted octanol–water partition coefficient (Wildman–Crippen LogP) is 0.967. The molecule has 0 saturated carbocycles. The molecule has 1 aliphatic heterocycles. The van der Waals surface area contributed by atoms with E-state index in [1.165, 1.54) is 6.26 Å². The van der Waals surface area contributed by atoms with Crippen LogP contribution in [0.3, 0.4) is 0 Å². The Morgan fingerprint density at radius 2 is 2.33 bits per heavy atom. The van der Waals surface area contributed by atoms with Crippen molar-refractivity contribution < 1.29 is 8.42 Å². The van der Waals surface area contributed by atoms with Crippen LogP contribution in [0.5, 0.6) is 0 Å². The third kappa shape index (κ3) is 2.62. The summed E-state index contributed by atoms with van der Waals surface area (Å²) in [6.07, 6.45) is 4.35. The SMILES string of the molecule is CS(=O)(=O)[C@H]1CCCN(c2cccnc2C#N)C1. The fourth-order valence-electron chi connectivity index (χ4n) is 2.24. The van der Waals surface area contributed by atoms with Crippen molar-refractivity contribution in [1.82, 2.24) is 4.98 Å². The number of sulfone groups is 1. The summed E-state index contributed by atoms with van der Waals surface area (Å²) in [5.74, 6) is 0. The van der Waals surface area contributed by atoms with Crippen molar-refractivity contribution in [2.24, 2.45) is 0 Å². The van der Waals surface area contributed by atoms with Gasteiger partial charge in [-0.25, -0.2) is 13.4 Å². The third-order valence-electron chi connectivity index (χ3n) is 3.22. The topological polar surface area (TPSA) is 74.1 Å². The molecule has 96 valence electrons. The van der Waals surface area contributed by atoms with Gasteiger partial charge in [-0.05, 0) is 25.0 Å². The summed E-state index contributed by atoms with van der Waals surface area (Å²) < 4.78 is 23.2. The van der Waals surface area contributed by atoms with Crippen molar-refractivity contribution in [2.75, 3.05) is 24.2 Å². The van der Waals surface area contributed by atoms with Crippen LogP contribution in [0, 0.1) is 11.3 Å². The van der Waals surface area contributed by atoms with Gasteiger partial charge in [-0.1, -0.05) is 0 Å². The van der Waals surface area contributed by atoms with E-state index in [1.807, 2.05) is 17.0 Å². The van der Waals surface area contributed by atoms with Crippen LogP contribution < -0.4 is 4.90 Å². The molecule has 0 bridgehead atoms. The van der Waals surface area contributed by atoms with Gasteiger partial charge in [0.1, 0.15) is 6.07 Å². The number of nitrogens with zero attached hydrogens (tertiary/aromatic N) is 3. The Morgan fingerprint density at radius 1 is 1.56 bits per heavy atom. The molecule has 5 nitrogen and oxygen atoms in total. The maximum atomic E-state index is 11.6. The zero-order chi connectivity index (χ0) is 13.2. The molecule has 0 spiro atoms. The monoisotopic (exact) mass is 265 g/mol. The van der Waals surface area contributed by atoms with E-state index in [4.69, 9.17) is 5.26 Å². The second-order valence-corrected chi connectivity index (χ2v) is 6.85. The molecule has 0 unspecified atom stereocenters. The molecule has 2 rings (SSSR count). The summed E-state index contributed by atoms with van der Waals surface area (Å²) in [5, 5.41) is 8.67. The lowest BCUT2D eigenvalue weighted by Crippen LogP contribution is -2.42. The van der Waals surface area contributed by atoms with Crippen molar-refractivity contribution in [3.05, 3.63) is 24.0 Å². The van der Waals surface area contributed by atoms with E-state index in [2.05, 4.69) is 4.98 Å². The van der Waals surface area contributed by atoms with Gasteiger partial charge < -0.3 is 4.90 Å². The number of aromatic nitrogens is 1. The Labute approximate surface area is 107 Å². The Balaban J connectivity index is 2.27. The minimum atomic E-state index is -3.03. The van der Waals surface area contributed by atoms with Gasteiger partial charge in [0.15, 0.2) is 15.5 Å². The Kier molecular flexibility index (Phi) is 3.53. The molecule has 0 N–H and O–H groups in total. The summed E-state index contributed by atoms with van der Waals surface area (Å²) in [5.41, 5.74) is 1.08. The average Bonchev–Trinajstić information content (AvgIpc) is 2.38. The van der Waals surface area contributed by atoms with Crippen molar-refractivity contribution >= 4 is 15.5 Å². The van der Waals surface area contributed by atoms with Crippen molar-refractivity contribution in [2.45, 2.75) is 18.1 Å². The summed E-state index contributed by atoms with van der Waals surface area (Å²) in [4.78, 5) is 5.95. The molecule has 18 heavy (non-hydrogen) atoms. The number of anilines is 1. The molecular formula is C12H15N3O2S. The highest BCUT2D eigenvalue weighted by molar-refractivity contribution is 7.91. The lowest BCUT2D eigenvalue weighted by atomic mass is 10.1. The number of piperidine rings is 1. The molecule has 0 aromatic carbocycles. The van der Waals surface area contributed by atoms with E-state index >= 15 is 0 Å². The quantitative estimate of drug-likeness (QED) is 0.796. The highest BCUT2D eigenvalue weighted by Gasteiger charge is 2.28. The van der Waals surface area contributed by atoms with Crippen LogP contribution in [0.2, 0.25) is 0 Å². The first-order valence-electron chi connectivity index (χ1n) is 5.81. The van der Waals surface area contributed by atoms with E-state index < -0.39 is 9.84 Å².